The third kappa shape index (κ3) is 2.58. The number of rotatable bonds is 3. The van der Waals surface area contributed by atoms with Crippen LogP contribution in [0.15, 0.2) is 21.1 Å². The van der Waals surface area contributed by atoms with Gasteiger partial charge in [-0.3, -0.25) is 0 Å². The summed E-state index contributed by atoms with van der Waals surface area (Å²) in [5.74, 6) is 2.12. The maximum absolute atomic E-state index is 5.49. The fraction of sp³-hybridized carbons (Fsp3) is 0.357. The molecule has 1 aromatic carbocycles. The smallest absolute Gasteiger partial charge is 0.142 e. The first-order valence-corrected chi connectivity index (χ1v) is 7.62. The molecule has 2 aromatic rings. The summed E-state index contributed by atoms with van der Waals surface area (Å²) in [6.07, 6.45) is 0. The second kappa shape index (κ2) is 5.67. The first-order chi connectivity index (χ1) is 8.99. The zero-order valence-corrected chi connectivity index (χ0v) is 14.5. The van der Waals surface area contributed by atoms with E-state index in [0.717, 1.165) is 31.4 Å². The predicted octanol–water partition coefficient (Wildman–Crippen LogP) is 4.93. The number of pyridine rings is 1. The Balaban J connectivity index is 2.88. The number of hydrogen-bond acceptors (Lipinski definition) is 3. The van der Waals surface area contributed by atoms with Gasteiger partial charge in [0.15, 0.2) is 0 Å². The van der Waals surface area contributed by atoms with Crippen molar-refractivity contribution in [3.63, 3.8) is 0 Å². The molecule has 0 saturated heterocycles. The van der Waals surface area contributed by atoms with Gasteiger partial charge >= 0.3 is 0 Å². The highest BCUT2D eigenvalue weighted by molar-refractivity contribution is 9.11. The zero-order chi connectivity index (χ0) is 14.2. The zero-order valence-electron chi connectivity index (χ0n) is 11.3. The highest BCUT2D eigenvalue weighted by atomic mass is 79.9. The third-order valence-electron chi connectivity index (χ3n) is 3.06. The normalized spacial score (nSPS) is 11.1. The molecule has 0 aliphatic heterocycles. The van der Waals surface area contributed by atoms with Crippen LogP contribution in [0.5, 0.6) is 5.75 Å². The molecule has 0 aliphatic carbocycles. The lowest BCUT2D eigenvalue weighted by Crippen LogP contribution is -2.02. The number of nitrogens with one attached hydrogen (secondary N) is 1. The summed E-state index contributed by atoms with van der Waals surface area (Å²) in [7, 11) is 3.57. The van der Waals surface area contributed by atoms with E-state index in [-0.39, 0.29) is 0 Å². The number of hydrogen-bond donors (Lipinski definition) is 1. The number of aromatic nitrogens is 1. The van der Waals surface area contributed by atoms with E-state index >= 15 is 0 Å². The van der Waals surface area contributed by atoms with Crippen molar-refractivity contribution in [2.45, 2.75) is 19.8 Å². The second-order valence-electron chi connectivity index (χ2n) is 4.60. The van der Waals surface area contributed by atoms with Crippen molar-refractivity contribution in [2.75, 3.05) is 19.5 Å². The van der Waals surface area contributed by atoms with Crippen molar-refractivity contribution in [3.8, 4) is 5.75 Å². The largest absolute Gasteiger partial charge is 0.495 e. The van der Waals surface area contributed by atoms with E-state index in [0.29, 0.717) is 5.92 Å². The molecule has 2 rings (SSSR count). The molecule has 1 heterocycles. The lowest BCUT2D eigenvalue weighted by molar-refractivity contribution is 0.417. The van der Waals surface area contributed by atoms with Crippen LogP contribution in [0.25, 0.3) is 10.9 Å². The quantitative estimate of drug-likeness (QED) is 0.810. The van der Waals surface area contributed by atoms with E-state index in [1.807, 2.05) is 13.1 Å². The molecule has 19 heavy (non-hydrogen) atoms. The first-order valence-electron chi connectivity index (χ1n) is 6.04. The molecule has 0 spiro atoms. The summed E-state index contributed by atoms with van der Waals surface area (Å²) < 4.78 is 7.36. The minimum Gasteiger partial charge on any atom is -0.495 e. The van der Waals surface area contributed by atoms with Gasteiger partial charge in [-0.15, -0.1) is 0 Å². The molecule has 1 aromatic heterocycles. The molecule has 1 N–H and O–H groups in total. The first kappa shape index (κ1) is 14.6. The summed E-state index contributed by atoms with van der Waals surface area (Å²) in [5, 5.41) is 4.17. The molecule has 0 radical (unpaired) electrons. The van der Waals surface area contributed by atoms with Crippen LogP contribution in [0.1, 0.15) is 25.3 Å². The van der Waals surface area contributed by atoms with Crippen LogP contribution in [-0.4, -0.2) is 19.1 Å². The number of ether oxygens (including phenoxy) is 1. The van der Waals surface area contributed by atoms with Gasteiger partial charge in [0.2, 0.25) is 0 Å². The molecular formula is C14H16Br2N2O. The minimum atomic E-state index is 0.391. The Hall–Kier alpha value is -0.810. The van der Waals surface area contributed by atoms with E-state index in [1.54, 1.807) is 7.11 Å². The van der Waals surface area contributed by atoms with Crippen molar-refractivity contribution in [2.24, 2.45) is 0 Å². The Morgan fingerprint density at radius 1 is 1.21 bits per heavy atom. The molecule has 0 atom stereocenters. The van der Waals surface area contributed by atoms with Crippen LogP contribution in [-0.2, 0) is 0 Å². The molecule has 0 fully saturated rings. The number of halogens is 2. The summed E-state index contributed by atoms with van der Waals surface area (Å²) >= 11 is 7.09. The van der Waals surface area contributed by atoms with Crippen molar-refractivity contribution >= 4 is 48.6 Å². The lowest BCUT2D eigenvalue weighted by Gasteiger charge is -2.16. The van der Waals surface area contributed by atoms with Gasteiger partial charge in [0, 0.05) is 16.9 Å². The topological polar surface area (TPSA) is 34.2 Å². The van der Waals surface area contributed by atoms with E-state index in [9.17, 15) is 0 Å². The fourth-order valence-corrected chi connectivity index (χ4v) is 3.55. The van der Waals surface area contributed by atoms with Gasteiger partial charge in [-0.05, 0) is 55.5 Å². The SMILES string of the molecule is CNc1nc2c(Br)cc(Br)c(OC)c2cc1C(C)C. The summed E-state index contributed by atoms with van der Waals surface area (Å²) in [4.78, 5) is 4.71. The summed E-state index contributed by atoms with van der Waals surface area (Å²) in [6.45, 7) is 4.31. The van der Waals surface area contributed by atoms with Gasteiger partial charge in [-0.2, -0.15) is 0 Å². The van der Waals surface area contributed by atoms with Crippen LogP contribution in [0.4, 0.5) is 5.82 Å². The van der Waals surface area contributed by atoms with Crippen molar-refractivity contribution < 1.29 is 4.74 Å². The number of nitrogens with zero attached hydrogens (tertiary/aromatic N) is 1. The Kier molecular flexibility index (Phi) is 4.36. The monoisotopic (exact) mass is 386 g/mol. The Morgan fingerprint density at radius 2 is 1.89 bits per heavy atom. The third-order valence-corrected chi connectivity index (χ3v) is 4.25. The summed E-state index contributed by atoms with van der Waals surface area (Å²) in [5.41, 5.74) is 2.08. The molecular weight excluding hydrogens is 372 g/mol. The molecule has 0 unspecified atom stereocenters. The number of fused-ring (bicyclic) bond motifs is 1. The van der Waals surface area contributed by atoms with Crippen molar-refractivity contribution in [1.29, 1.82) is 0 Å². The van der Waals surface area contributed by atoms with Gasteiger partial charge in [0.25, 0.3) is 0 Å². The highest BCUT2D eigenvalue weighted by Gasteiger charge is 2.16. The second-order valence-corrected chi connectivity index (χ2v) is 6.31. The van der Waals surface area contributed by atoms with Gasteiger partial charge < -0.3 is 10.1 Å². The summed E-state index contributed by atoms with van der Waals surface area (Å²) in [6, 6.07) is 4.11. The molecule has 5 heteroatoms. The highest BCUT2D eigenvalue weighted by Crippen LogP contribution is 2.40. The van der Waals surface area contributed by atoms with Gasteiger partial charge in [0.05, 0.1) is 17.1 Å². The molecule has 102 valence electrons. The predicted molar refractivity (Wildman–Crippen MR) is 87.3 cm³/mol. The molecule has 0 amide bonds. The number of methoxy groups -OCH3 is 1. The maximum Gasteiger partial charge on any atom is 0.142 e. The standard InChI is InChI=1S/C14H16Br2N2O/c1-7(2)8-5-9-12(18-14(8)17-3)10(15)6-11(16)13(9)19-4/h5-7H,1-4H3,(H,17,18). The van der Waals surface area contributed by atoms with Gasteiger partial charge in [0.1, 0.15) is 11.6 Å². The average Bonchev–Trinajstić information content (AvgIpc) is 2.37. The van der Waals surface area contributed by atoms with Crippen LogP contribution in [0.2, 0.25) is 0 Å². The van der Waals surface area contributed by atoms with Gasteiger partial charge in [-0.25, -0.2) is 4.98 Å². The Morgan fingerprint density at radius 3 is 2.42 bits per heavy atom. The maximum atomic E-state index is 5.49. The van der Waals surface area contributed by atoms with Crippen LogP contribution in [0, 0.1) is 0 Å². The minimum absolute atomic E-state index is 0.391. The number of anilines is 1. The molecule has 0 bridgehead atoms. The molecule has 3 nitrogen and oxygen atoms in total. The van der Waals surface area contributed by atoms with Crippen LogP contribution < -0.4 is 10.1 Å². The fourth-order valence-electron chi connectivity index (χ4n) is 2.11. The van der Waals surface area contributed by atoms with Crippen LogP contribution >= 0.6 is 31.9 Å². The van der Waals surface area contributed by atoms with E-state index in [4.69, 9.17) is 9.72 Å². The van der Waals surface area contributed by atoms with Crippen molar-refractivity contribution in [3.05, 3.63) is 26.6 Å². The molecule has 0 saturated carbocycles. The Bertz CT molecular complexity index is 627. The number of benzene rings is 1. The van der Waals surface area contributed by atoms with E-state index < -0.39 is 0 Å². The average molecular weight is 388 g/mol. The molecule has 0 aliphatic rings. The Labute approximate surface area is 130 Å². The van der Waals surface area contributed by atoms with Crippen LogP contribution in [0.3, 0.4) is 0 Å². The van der Waals surface area contributed by atoms with Gasteiger partial charge in [-0.1, -0.05) is 13.8 Å². The van der Waals surface area contributed by atoms with E-state index in [2.05, 4.69) is 57.1 Å². The van der Waals surface area contributed by atoms with Crippen molar-refractivity contribution in [1.82, 2.24) is 4.98 Å². The van der Waals surface area contributed by atoms with E-state index in [1.165, 1.54) is 5.56 Å². The lowest BCUT2D eigenvalue weighted by atomic mass is 10.0.